The van der Waals surface area contributed by atoms with Crippen LogP contribution in [0.15, 0.2) is 23.3 Å². The average Bonchev–Trinajstić information content (AvgIpc) is 2.44. The number of nitrogens with zero attached hydrogens (tertiary/aromatic N) is 3. The standard InChI is InChI=1S/C13H21N5O3/c1-4-21-9-5-6-10-11(7-9)17(19)12(16-18(10)20)15-13(2,3)8-14/h5-7,19-20H,4,8,14H2,1-3H3,(H,15,16). The van der Waals surface area contributed by atoms with Gasteiger partial charge in [-0.1, -0.05) is 0 Å². The molecule has 1 aliphatic rings. The number of hydrogen-bond acceptors (Lipinski definition) is 8. The van der Waals surface area contributed by atoms with Gasteiger partial charge in [-0.25, -0.2) is 0 Å². The fourth-order valence-corrected chi connectivity index (χ4v) is 1.83. The second-order valence-corrected chi connectivity index (χ2v) is 5.32. The van der Waals surface area contributed by atoms with Gasteiger partial charge in [0.1, 0.15) is 17.1 Å². The Bertz CT molecular complexity index is 547. The van der Waals surface area contributed by atoms with E-state index in [0.717, 1.165) is 5.06 Å². The zero-order chi connectivity index (χ0) is 15.6. The molecule has 0 bridgehead atoms. The van der Waals surface area contributed by atoms with E-state index in [-0.39, 0.29) is 5.96 Å². The van der Waals surface area contributed by atoms with Gasteiger partial charge in [0, 0.05) is 18.2 Å². The van der Waals surface area contributed by atoms with E-state index in [2.05, 4.69) is 10.4 Å². The first-order chi connectivity index (χ1) is 9.88. The molecule has 0 spiro atoms. The van der Waals surface area contributed by atoms with Crippen LogP contribution in [0.25, 0.3) is 0 Å². The van der Waals surface area contributed by atoms with Gasteiger partial charge in [-0.2, -0.15) is 5.06 Å². The highest BCUT2D eigenvalue weighted by Gasteiger charge is 2.29. The molecule has 0 aliphatic carbocycles. The van der Waals surface area contributed by atoms with Crippen molar-refractivity contribution >= 4 is 17.3 Å². The van der Waals surface area contributed by atoms with E-state index in [0.29, 0.717) is 35.4 Å². The maximum Gasteiger partial charge on any atom is 0.248 e. The minimum atomic E-state index is -0.490. The van der Waals surface area contributed by atoms with Gasteiger partial charge < -0.3 is 15.8 Å². The van der Waals surface area contributed by atoms with Crippen molar-refractivity contribution in [1.82, 2.24) is 5.32 Å². The van der Waals surface area contributed by atoms with Crippen LogP contribution in [-0.4, -0.2) is 35.1 Å². The molecule has 2 rings (SSSR count). The van der Waals surface area contributed by atoms with Crippen molar-refractivity contribution < 1.29 is 15.2 Å². The lowest BCUT2D eigenvalue weighted by atomic mass is 10.1. The normalized spacial score (nSPS) is 14.7. The Hall–Kier alpha value is -2.03. The van der Waals surface area contributed by atoms with Gasteiger partial charge >= 0.3 is 0 Å². The van der Waals surface area contributed by atoms with E-state index < -0.39 is 5.54 Å². The molecule has 1 aliphatic heterocycles. The molecule has 0 saturated carbocycles. The number of rotatable bonds is 4. The fourth-order valence-electron chi connectivity index (χ4n) is 1.83. The van der Waals surface area contributed by atoms with Gasteiger partial charge in [-0.05, 0) is 32.9 Å². The summed E-state index contributed by atoms with van der Waals surface area (Å²) in [6.07, 6.45) is 0. The predicted molar refractivity (Wildman–Crippen MR) is 79.8 cm³/mol. The number of anilines is 2. The van der Waals surface area contributed by atoms with E-state index in [1.807, 2.05) is 20.8 Å². The summed E-state index contributed by atoms with van der Waals surface area (Å²) < 4.78 is 5.39. The summed E-state index contributed by atoms with van der Waals surface area (Å²) >= 11 is 0. The highest BCUT2D eigenvalue weighted by Crippen LogP contribution is 2.35. The molecule has 0 radical (unpaired) electrons. The lowest BCUT2D eigenvalue weighted by Gasteiger charge is -2.34. The van der Waals surface area contributed by atoms with Crippen molar-refractivity contribution in [2.45, 2.75) is 26.3 Å². The number of guanidine groups is 1. The van der Waals surface area contributed by atoms with Gasteiger partial charge in [-0.3, -0.25) is 10.4 Å². The van der Waals surface area contributed by atoms with Crippen molar-refractivity contribution in [3.63, 3.8) is 0 Å². The second-order valence-electron chi connectivity index (χ2n) is 5.32. The molecule has 0 saturated heterocycles. The van der Waals surface area contributed by atoms with Crippen LogP contribution in [0.3, 0.4) is 0 Å². The Morgan fingerprint density at radius 3 is 2.67 bits per heavy atom. The summed E-state index contributed by atoms with van der Waals surface area (Å²) in [5.41, 5.74) is 5.86. The Kier molecular flexibility index (Phi) is 4.21. The number of nitrogens with one attached hydrogen (secondary N) is 1. The molecule has 0 amide bonds. The van der Waals surface area contributed by atoms with Crippen LogP contribution in [0.4, 0.5) is 11.4 Å². The first-order valence-electron chi connectivity index (χ1n) is 6.69. The monoisotopic (exact) mass is 295 g/mol. The smallest absolute Gasteiger partial charge is 0.248 e. The number of fused-ring (bicyclic) bond motifs is 1. The number of benzene rings is 1. The molecule has 1 heterocycles. The Labute approximate surface area is 123 Å². The molecule has 1 aromatic rings. The van der Waals surface area contributed by atoms with Gasteiger partial charge in [0.15, 0.2) is 0 Å². The Balaban J connectivity index is 2.32. The van der Waals surface area contributed by atoms with Crippen molar-refractivity contribution in [2.24, 2.45) is 10.8 Å². The lowest BCUT2D eigenvalue weighted by molar-refractivity contribution is 0.240. The van der Waals surface area contributed by atoms with Crippen LogP contribution < -0.4 is 26.0 Å². The fraction of sp³-hybridized carbons (Fsp3) is 0.462. The molecule has 0 unspecified atom stereocenters. The van der Waals surface area contributed by atoms with Crippen molar-refractivity contribution in [3.8, 4) is 5.75 Å². The van der Waals surface area contributed by atoms with Crippen molar-refractivity contribution in [3.05, 3.63) is 18.2 Å². The molecule has 5 N–H and O–H groups in total. The van der Waals surface area contributed by atoms with Crippen molar-refractivity contribution in [2.75, 3.05) is 23.4 Å². The first-order valence-corrected chi connectivity index (χ1v) is 6.69. The Morgan fingerprint density at radius 1 is 1.33 bits per heavy atom. The van der Waals surface area contributed by atoms with E-state index in [1.165, 1.54) is 0 Å². The molecule has 8 nitrogen and oxygen atoms in total. The first kappa shape index (κ1) is 15.4. The van der Waals surface area contributed by atoms with E-state index in [4.69, 9.17) is 10.5 Å². The predicted octanol–water partition coefficient (Wildman–Crippen LogP) is 1.09. The van der Waals surface area contributed by atoms with E-state index in [1.54, 1.807) is 18.2 Å². The number of nitrogens with two attached hydrogens (primary N) is 1. The van der Waals surface area contributed by atoms with Gasteiger partial charge in [0.25, 0.3) is 0 Å². The summed E-state index contributed by atoms with van der Waals surface area (Å²) in [6, 6.07) is 4.92. The number of ether oxygens (including phenoxy) is 1. The topological polar surface area (TPSA) is 107 Å². The summed E-state index contributed by atoms with van der Waals surface area (Å²) in [5, 5.41) is 28.7. The lowest BCUT2D eigenvalue weighted by Crippen LogP contribution is -2.55. The molecule has 0 aromatic heterocycles. The SMILES string of the molecule is CCOc1ccc2c(c1)N(O)C(NC(C)(C)CN)=NN2O. The highest BCUT2D eigenvalue weighted by atomic mass is 16.5. The van der Waals surface area contributed by atoms with Gasteiger partial charge in [-0.15, -0.1) is 10.3 Å². The molecule has 1 aromatic carbocycles. The zero-order valence-corrected chi connectivity index (χ0v) is 12.4. The largest absolute Gasteiger partial charge is 0.494 e. The minimum Gasteiger partial charge on any atom is -0.494 e. The van der Waals surface area contributed by atoms with Gasteiger partial charge in [0.2, 0.25) is 5.96 Å². The maximum absolute atomic E-state index is 10.3. The quantitative estimate of drug-likeness (QED) is 0.658. The summed E-state index contributed by atoms with van der Waals surface area (Å²) in [6.45, 7) is 6.42. The number of hydroxylamine groups is 1. The van der Waals surface area contributed by atoms with Crippen LogP contribution in [0.2, 0.25) is 0 Å². The summed E-state index contributed by atoms with van der Waals surface area (Å²) in [5.74, 6) is 0.664. The average molecular weight is 295 g/mol. The molecule has 8 heteroatoms. The summed E-state index contributed by atoms with van der Waals surface area (Å²) in [4.78, 5) is 0. The molecular formula is C13H21N5O3. The minimum absolute atomic E-state index is 0.0779. The van der Waals surface area contributed by atoms with Crippen LogP contribution in [0.1, 0.15) is 20.8 Å². The second kappa shape index (κ2) is 5.76. The third-order valence-electron chi connectivity index (χ3n) is 3.05. The van der Waals surface area contributed by atoms with E-state index >= 15 is 0 Å². The molecule has 0 atom stereocenters. The van der Waals surface area contributed by atoms with Crippen LogP contribution >= 0.6 is 0 Å². The van der Waals surface area contributed by atoms with Crippen LogP contribution in [0.5, 0.6) is 5.75 Å². The zero-order valence-electron chi connectivity index (χ0n) is 12.4. The Morgan fingerprint density at radius 2 is 2.05 bits per heavy atom. The molecule has 0 fully saturated rings. The summed E-state index contributed by atoms with van der Waals surface area (Å²) in [7, 11) is 0. The van der Waals surface area contributed by atoms with Crippen LogP contribution in [-0.2, 0) is 0 Å². The van der Waals surface area contributed by atoms with E-state index in [9.17, 15) is 10.4 Å². The van der Waals surface area contributed by atoms with Crippen molar-refractivity contribution in [1.29, 1.82) is 0 Å². The highest BCUT2D eigenvalue weighted by molar-refractivity contribution is 6.00. The third-order valence-corrected chi connectivity index (χ3v) is 3.05. The number of hydrazone groups is 1. The maximum atomic E-state index is 10.3. The third kappa shape index (κ3) is 3.18. The number of hydrogen-bond donors (Lipinski definition) is 4. The van der Waals surface area contributed by atoms with Gasteiger partial charge in [0.05, 0.1) is 6.61 Å². The van der Waals surface area contributed by atoms with Crippen LogP contribution in [0, 0.1) is 0 Å². The molecule has 116 valence electrons. The molecular weight excluding hydrogens is 274 g/mol. The molecule has 21 heavy (non-hydrogen) atoms.